The normalized spacial score (nSPS) is 12.1. The zero-order chi connectivity index (χ0) is 18.8. The molecule has 1 aromatic heterocycles. The third-order valence-corrected chi connectivity index (χ3v) is 3.18. The molecule has 0 fully saturated rings. The van der Waals surface area contributed by atoms with Gasteiger partial charge in [0.25, 0.3) is 0 Å². The Labute approximate surface area is 148 Å². The highest BCUT2D eigenvalue weighted by molar-refractivity contribution is 5.90. The number of alkyl carbamates (subject to hydrolysis) is 1. The van der Waals surface area contributed by atoms with Crippen LogP contribution >= 0.6 is 0 Å². The van der Waals surface area contributed by atoms with E-state index in [9.17, 15) is 9.59 Å². The summed E-state index contributed by atoms with van der Waals surface area (Å²) in [6.07, 6.45) is 0.810. The molecule has 1 N–H and O–H groups in total. The predicted octanol–water partition coefficient (Wildman–Crippen LogP) is 4.45. The summed E-state index contributed by atoms with van der Waals surface area (Å²) in [4.78, 5) is 24.0. The number of fused-ring (bicyclic) bond motifs is 1. The lowest BCUT2D eigenvalue weighted by Crippen LogP contribution is -2.32. The van der Waals surface area contributed by atoms with Crippen LogP contribution in [-0.2, 0) is 16.0 Å². The summed E-state index contributed by atoms with van der Waals surface area (Å²) in [5, 5.41) is 3.62. The molecule has 0 bridgehead atoms. The van der Waals surface area contributed by atoms with E-state index in [0.717, 1.165) is 16.5 Å². The molecule has 0 radical (unpaired) electrons. The second-order valence-electron chi connectivity index (χ2n) is 7.91. The summed E-state index contributed by atoms with van der Waals surface area (Å²) < 4.78 is 12.1. The van der Waals surface area contributed by atoms with E-state index in [1.54, 1.807) is 6.20 Å². The van der Waals surface area contributed by atoms with Gasteiger partial charge in [-0.25, -0.2) is 9.59 Å². The van der Waals surface area contributed by atoms with Gasteiger partial charge in [-0.3, -0.25) is 4.57 Å². The smallest absolute Gasteiger partial charge is 0.418 e. The number of rotatable bonds is 2. The Hall–Kier alpha value is -2.50. The first-order valence-corrected chi connectivity index (χ1v) is 8.25. The Kier molecular flexibility index (Phi) is 5.11. The fourth-order valence-corrected chi connectivity index (χ4v) is 2.26. The number of nitrogens with one attached hydrogen (secondary N) is 1. The lowest BCUT2D eigenvalue weighted by molar-refractivity contribution is 0.0519. The van der Waals surface area contributed by atoms with Crippen LogP contribution in [0.25, 0.3) is 10.9 Å². The quantitative estimate of drug-likeness (QED) is 0.872. The SMILES string of the molecule is CC(C)(C)OC(=O)NCc1ccc2c(ccn2C(=O)OC(C)(C)C)c1. The topological polar surface area (TPSA) is 69.6 Å². The summed E-state index contributed by atoms with van der Waals surface area (Å²) in [6, 6.07) is 7.47. The predicted molar refractivity (Wildman–Crippen MR) is 96.6 cm³/mol. The van der Waals surface area contributed by atoms with Crippen LogP contribution in [0, 0.1) is 0 Å². The number of aromatic nitrogens is 1. The standard InChI is InChI=1S/C19H26N2O4/c1-18(2,3)24-16(22)20-12-13-7-8-15-14(11-13)9-10-21(15)17(23)25-19(4,5)6/h7-11H,12H2,1-6H3,(H,20,22). The number of nitrogens with zero attached hydrogens (tertiary/aromatic N) is 1. The molecule has 1 aromatic carbocycles. The molecule has 0 aliphatic carbocycles. The highest BCUT2D eigenvalue weighted by atomic mass is 16.6. The molecule has 0 saturated carbocycles. The molecule has 0 atom stereocenters. The molecular formula is C19H26N2O4. The van der Waals surface area contributed by atoms with Gasteiger partial charge in [0.1, 0.15) is 11.2 Å². The van der Waals surface area contributed by atoms with Crippen molar-refractivity contribution in [1.29, 1.82) is 0 Å². The maximum Gasteiger partial charge on any atom is 0.418 e. The minimum Gasteiger partial charge on any atom is -0.444 e. The molecule has 0 aliphatic heterocycles. The first-order valence-electron chi connectivity index (χ1n) is 8.25. The van der Waals surface area contributed by atoms with Crippen molar-refractivity contribution in [2.45, 2.75) is 59.3 Å². The number of amides is 1. The minimum atomic E-state index is -0.551. The van der Waals surface area contributed by atoms with Gasteiger partial charge in [0.2, 0.25) is 0 Å². The van der Waals surface area contributed by atoms with Gasteiger partial charge < -0.3 is 14.8 Å². The maximum absolute atomic E-state index is 12.2. The Morgan fingerprint density at radius 2 is 1.64 bits per heavy atom. The van der Waals surface area contributed by atoms with E-state index in [1.807, 2.05) is 65.8 Å². The van der Waals surface area contributed by atoms with Crippen molar-refractivity contribution >= 4 is 23.1 Å². The Morgan fingerprint density at radius 1 is 1.00 bits per heavy atom. The van der Waals surface area contributed by atoms with E-state index in [2.05, 4.69) is 5.32 Å². The van der Waals surface area contributed by atoms with E-state index in [0.29, 0.717) is 6.54 Å². The van der Waals surface area contributed by atoms with E-state index in [-0.39, 0.29) is 0 Å². The number of hydrogen-bond acceptors (Lipinski definition) is 4. The van der Waals surface area contributed by atoms with Crippen molar-refractivity contribution in [3.05, 3.63) is 36.0 Å². The van der Waals surface area contributed by atoms with Crippen molar-refractivity contribution in [2.24, 2.45) is 0 Å². The molecular weight excluding hydrogens is 320 g/mol. The molecule has 6 heteroatoms. The van der Waals surface area contributed by atoms with Gasteiger partial charge in [-0.2, -0.15) is 0 Å². The van der Waals surface area contributed by atoms with Crippen molar-refractivity contribution in [1.82, 2.24) is 9.88 Å². The van der Waals surface area contributed by atoms with E-state index in [4.69, 9.17) is 9.47 Å². The van der Waals surface area contributed by atoms with Gasteiger partial charge in [0.15, 0.2) is 0 Å². The summed E-state index contributed by atoms with van der Waals surface area (Å²) in [5.41, 5.74) is 0.597. The second kappa shape index (κ2) is 6.78. The van der Waals surface area contributed by atoms with Crippen LogP contribution < -0.4 is 5.32 Å². The van der Waals surface area contributed by atoms with Gasteiger partial charge in [0.05, 0.1) is 5.52 Å². The van der Waals surface area contributed by atoms with Crippen LogP contribution in [0.1, 0.15) is 47.1 Å². The number of ether oxygens (including phenoxy) is 2. The number of carbonyl (C=O) groups excluding carboxylic acids is 2. The molecule has 0 saturated heterocycles. The summed E-state index contributed by atoms with van der Waals surface area (Å²) in [7, 11) is 0. The fourth-order valence-electron chi connectivity index (χ4n) is 2.26. The average Bonchev–Trinajstić information content (AvgIpc) is 2.84. The highest BCUT2D eigenvalue weighted by Gasteiger charge is 2.19. The van der Waals surface area contributed by atoms with Crippen LogP contribution in [0.15, 0.2) is 30.5 Å². The van der Waals surface area contributed by atoms with Crippen LogP contribution in [0.4, 0.5) is 9.59 Å². The summed E-state index contributed by atoms with van der Waals surface area (Å²) in [5.74, 6) is 0. The van der Waals surface area contributed by atoms with Crippen molar-refractivity contribution < 1.29 is 19.1 Å². The lowest BCUT2D eigenvalue weighted by Gasteiger charge is -2.20. The largest absolute Gasteiger partial charge is 0.444 e. The molecule has 1 amide bonds. The molecule has 2 aromatic rings. The molecule has 1 heterocycles. The Morgan fingerprint density at radius 3 is 2.24 bits per heavy atom. The zero-order valence-electron chi connectivity index (χ0n) is 15.7. The van der Waals surface area contributed by atoms with Crippen molar-refractivity contribution in [2.75, 3.05) is 0 Å². The molecule has 0 spiro atoms. The first kappa shape index (κ1) is 18.8. The van der Waals surface area contributed by atoms with E-state index >= 15 is 0 Å². The number of carbonyl (C=O) groups is 2. The molecule has 0 aliphatic rings. The van der Waals surface area contributed by atoms with Crippen LogP contribution in [-0.4, -0.2) is 28.0 Å². The third-order valence-electron chi connectivity index (χ3n) is 3.18. The summed E-state index contributed by atoms with van der Waals surface area (Å²) in [6.45, 7) is 11.3. The number of benzene rings is 1. The first-order chi connectivity index (χ1) is 11.4. The zero-order valence-corrected chi connectivity index (χ0v) is 15.7. The molecule has 6 nitrogen and oxygen atoms in total. The Bertz CT molecular complexity index is 779. The van der Waals surface area contributed by atoms with Gasteiger partial charge >= 0.3 is 12.2 Å². The molecule has 2 rings (SSSR count). The fraction of sp³-hybridized carbons (Fsp3) is 0.474. The van der Waals surface area contributed by atoms with Gasteiger partial charge in [0, 0.05) is 18.1 Å². The molecule has 0 unspecified atom stereocenters. The number of hydrogen-bond donors (Lipinski definition) is 1. The van der Waals surface area contributed by atoms with Crippen LogP contribution in [0.5, 0.6) is 0 Å². The minimum absolute atomic E-state index is 0.350. The van der Waals surface area contributed by atoms with Crippen molar-refractivity contribution in [3.8, 4) is 0 Å². The van der Waals surface area contributed by atoms with E-state index < -0.39 is 23.4 Å². The molecule has 25 heavy (non-hydrogen) atoms. The van der Waals surface area contributed by atoms with Gasteiger partial charge in [-0.15, -0.1) is 0 Å². The maximum atomic E-state index is 12.2. The highest BCUT2D eigenvalue weighted by Crippen LogP contribution is 2.20. The van der Waals surface area contributed by atoms with Crippen molar-refractivity contribution in [3.63, 3.8) is 0 Å². The monoisotopic (exact) mass is 346 g/mol. The third kappa shape index (κ3) is 5.52. The van der Waals surface area contributed by atoms with Gasteiger partial charge in [-0.05, 0) is 65.3 Å². The lowest BCUT2D eigenvalue weighted by atomic mass is 10.1. The van der Waals surface area contributed by atoms with E-state index in [1.165, 1.54) is 4.57 Å². The van der Waals surface area contributed by atoms with Crippen LogP contribution in [0.3, 0.4) is 0 Å². The Balaban J connectivity index is 2.09. The summed E-state index contributed by atoms with van der Waals surface area (Å²) >= 11 is 0. The van der Waals surface area contributed by atoms with Gasteiger partial charge in [-0.1, -0.05) is 6.07 Å². The molecule has 136 valence electrons. The van der Waals surface area contributed by atoms with Crippen LogP contribution in [0.2, 0.25) is 0 Å². The second-order valence-corrected chi connectivity index (χ2v) is 7.91. The average molecular weight is 346 g/mol.